The van der Waals surface area contributed by atoms with Crippen molar-refractivity contribution in [2.24, 2.45) is 0 Å². The molecule has 0 heterocycles. The molecule has 0 aromatic heterocycles. The average molecular weight is 451 g/mol. The molecule has 0 radical (unpaired) electrons. The maximum atomic E-state index is 11.3. The molecule has 0 atom stereocenters. The van der Waals surface area contributed by atoms with E-state index in [4.69, 9.17) is 16.3 Å². The van der Waals surface area contributed by atoms with Gasteiger partial charge in [-0.05, 0) is 46.5 Å². The molecule has 0 amide bonds. The standard InChI is InChI=1S/C25H27ClO2Si2/c1-29(2,3)13-11-18-7-9-20-21-10-8-19(12-14-30(4,5)6)16-23(21)24(22(20)15-18)17-28-25(26)27/h7-10,15-16,24H,17H2,1-6H3. The Hall–Kier alpha value is -2.25. The lowest BCUT2D eigenvalue weighted by molar-refractivity contribution is 0.170. The van der Waals surface area contributed by atoms with Crippen molar-refractivity contribution in [2.45, 2.75) is 45.2 Å². The molecule has 3 rings (SSSR count). The van der Waals surface area contributed by atoms with E-state index in [0.717, 1.165) is 33.4 Å². The first-order valence-corrected chi connectivity index (χ1v) is 17.5. The molecule has 2 aromatic carbocycles. The first kappa shape index (κ1) is 22.4. The molecule has 1 aliphatic carbocycles. The number of hydrogen-bond donors (Lipinski definition) is 0. The normalized spacial score (nSPS) is 12.8. The van der Waals surface area contributed by atoms with E-state index in [1.807, 2.05) is 0 Å². The van der Waals surface area contributed by atoms with Crippen molar-refractivity contribution >= 4 is 33.2 Å². The fourth-order valence-electron chi connectivity index (χ4n) is 3.36. The summed E-state index contributed by atoms with van der Waals surface area (Å²) in [4.78, 5) is 11.3. The Balaban J connectivity index is 2.06. The predicted molar refractivity (Wildman–Crippen MR) is 131 cm³/mol. The molecule has 0 unspecified atom stereocenters. The van der Waals surface area contributed by atoms with Crippen LogP contribution in [0, 0.1) is 22.9 Å². The number of hydrogen-bond acceptors (Lipinski definition) is 2. The summed E-state index contributed by atoms with van der Waals surface area (Å²) < 4.78 is 5.22. The Morgan fingerprint density at radius 2 is 1.30 bits per heavy atom. The predicted octanol–water partition coefficient (Wildman–Crippen LogP) is 6.63. The van der Waals surface area contributed by atoms with Crippen LogP contribution in [0.2, 0.25) is 39.3 Å². The van der Waals surface area contributed by atoms with E-state index in [-0.39, 0.29) is 12.5 Å². The van der Waals surface area contributed by atoms with E-state index < -0.39 is 21.6 Å². The van der Waals surface area contributed by atoms with Crippen LogP contribution < -0.4 is 0 Å². The summed E-state index contributed by atoms with van der Waals surface area (Å²) in [6, 6.07) is 12.6. The minimum Gasteiger partial charge on any atom is -0.453 e. The lowest BCUT2D eigenvalue weighted by Crippen LogP contribution is -2.16. The quantitative estimate of drug-likeness (QED) is 0.291. The Bertz CT molecular complexity index is 1030. The molecule has 154 valence electrons. The van der Waals surface area contributed by atoms with E-state index in [1.165, 1.54) is 0 Å². The van der Waals surface area contributed by atoms with Gasteiger partial charge < -0.3 is 4.74 Å². The molecule has 0 aliphatic heterocycles. The van der Waals surface area contributed by atoms with Gasteiger partial charge in [0.2, 0.25) is 0 Å². The average Bonchev–Trinajstić information content (AvgIpc) is 2.94. The van der Waals surface area contributed by atoms with Gasteiger partial charge in [-0.1, -0.05) is 63.3 Å². The molecule has 30 heavy (non-hydrogen) atoms. The number of carbonyl (C=O) groups excluding carboxylic acids is 1. The molecule has 0 bridgehead atoms. The highest BCUT2D eigenvalue weighted by molar-refractivity contribution is 6.84. The molecule has 0 fully saturated rings. The van der Waals surface area contributed by atoms with Crippen molar-refractivity contribution in [2.75, 3.05) is 6.61 Å². The van der Waals surface area contributed by atoms with Gasteiger partial charge in [-0.15, -0.1) is 11.1 Å². The van der Waals surface area contributed by atoms with Gasteiger partial charge in [-0.3, -0.25) is 0 Å². The highest BCUT2D eigenvalue weighted by Crippen LogP contribution is 2.45. The van der Waals surface area contributed by atoms with Crippen LogP contribution in [0.4, 0.5) is 4.79 Å². The lowest BCUT2D eigenvalue weighted by Gasteiger charge is -2.13. The molecule has 5 heteroatoms. The number of rotatable bonds is 2. The SMILES string of the molecule is C[Si](C)(C)C#Cc1ccc2c(c1)C(COC(=O)Cl)c1cc(C#C[Si](C)(C)C)ccc1-2. The number of fused-ring (bicyclic) bond motifs is 3. The third kappa shape index (κ3) is 5.67. The summed E-state index contributed by atoms with van der Waals surface area (Å²) in [6.07, 6.45) is 0. The van der Waals surface area contributed by atoms with Crippen LogP contribution in [-0.2, 0) is 4.74 Å². The smallest absolute Gasteiger partial charge is 0.403 e. The molecular weight excluding hydrogens is 424 g/mol. The molecule has 2 aromatic rings. The second-order valence-corrected chi connectivity index (χ2v) is 19.5. The summed E-state index contributed by atoms with van der Waals surface area (Å²) in [5, 5.41) is 0. The van der Waals surface area contributed by atoms with Gasteiger partial charge in [0.05, 0.1) is 0 Å². The zero-order valence-electron chi connectivity index (χ0n) is 18.4. The second-order valence-electron chi connectivity index (χ2n) is 9.71. The minimum atomic E-state index is -1.47. The molecule has 1 aliphatic rings. The van der Waals surface area contributed by atoms with E-state index in [9.17, 15) is 4.79 Å². The monoisotopic (exact) mass is 450 g/mol. The third-order valence-corrected chi connectivity index (χ3v) is 6.53. The van der Waals surface area contributed by atoms with Crippen LogP contribution in [0.1, 0.15) is 28.2 Å². The van der Waals surface area contributed by atoms with Crippen LogP contribution in [0.5, 0.6) is 0 Å². The van der Waals surface area contributed by atoms with Crippen molar-refractivity contribution in [3.05, 3.63) is 58.7 Å². The number of halogens is 1. The number of benzene rings is 2. The second kappa shape index (κ2) is 8.48. The van der Waals surface area contributed by atoms with Gasteiger partial charge in [0.15, 0.2) is 0 Å². The maximum absolute atomic E-state index is 11.3. The van der Waals surface area contributed by atoms with Crippen molar-refractivity contribution in [3.8, 4) is 34.1 Å². The Morgan fingerprint density at radius 1 is 0.867 bits per heavy atom. The van der Waals surface area contributed by atoms with Gasteiger partial charge in [0.1, 0.15) is 22.8 Å². The zero-order chi connectivity index (χ0) is 22.1. The van der Waals surface area contributed by atoms with Crippen molar-refractivity contribution in [1.82, 2.24) is 0 Å². The summed E-state index contributed by atoms with van der Waals surface area (Å²) in [5.74, 6) is 6.60. The van der Waals surface area contributed by atoms with E-state index >= 15 is 0 Å². The van der Waals surface area contributed by atoms with E-state index in [0.29, 0.717) is 0 Å². The van der Waals surface area contributed by atoms with Crippen LogP contribution in [0.25, 0.3) is 11.1 Å². The fraction of sp³-hybridized carbons (Fsp3) is 0.320. The summed E-state index contributed by atoms with van der Waals surface area (Å²) in [6.45, 7) is 13.6. The van der Waals surface area contributed by atoms with Gasteiger partial charge in [0.25, 0.3) is 0 Å². The Morgan fingerprint density at radius 3 is 1.67 bits per heavy atom. The van der Waals surface area contributed by atoms with Crippen LogP contribution >= 0.6 is 11.6 Å². The first-order valence-electron chi connectivity index (χ1n) is 10.1. The van der Waals surface area contributed by atoms with Crippen molar-refractivity contribution < 1.29 is 9.53 Å². The summed E-state index contributed by atoms with van der Waals surface area (Å²) in [7, 11) is -2.94. The third-order valence-electron chi connectivity index (χ3n) is 4.67. The van der Waals surface area contributed by atoms with Gasteiger partial charge in [-0.2, -0.15) is 0 Å². The van der Waals surface area contributed by atoms with Crippen LogP contribution in [0.3, 0.4) is 0 Å². The zero-order valence-corrected chi connectivity index (χ0v) is 21.2. The topological polar surface area (TPSA) is 26.3 Å². The van der Waals surface area contributed by atoms with Crippen molar-refractivity contribution in [1.29, 1.82) is 0 Å². The number of carbonyl (C=O) groups is 1. The lowest BCUT2D eigenvalue weighted by atomic mass is 9.96. The van der Waals surface area contributed by atoms with E-state index in [2.05, 4.69) is 98.6 Å². The first-order chi connectivity index (χ1) is 13.9. The van der Waals surface area contributed by atoms with Gasteiger partial charge in [0, 0.05) is 28.6 Å². The highest BCUT2D eigenvalue weighted by Gasteiger charge is 2.30. The number of ether oxygens (including phenoxy) is 1. The molecule has 0 spiro atoms. The van der Waals surface area contributed by atoms with Gasteiger partial charge >= 0.3 is 5.43 Å². The summed E-state index contributed by atoms with van der Waals surface area (Å²) in [5.41, 5.74) is 12.6. The van der Waals surface area contributed by atoms with Crippen LogP contribution in [-0.4, -0.2) is 28.2 Å². The van der Waals surface area contributed by atoms with Crippen molar-refractivity contribution in [3.63, 3.8) is 0 Å². The fourth-order valence-corrected chi connectivity index (χ4v) is 4.47. The summed E-state index contributed by atoms with van der Waals surface area (Å²) >= 11 is 5.48. The highest BCUT2D eigenvalue weighted by atomic mass is 35.5. The molecular formula is C25H27ClO2Si2. The minimum absolute atomic E-state index is 0.0695. The largest absolute Gasteiger partial charge is 0.453 e. The molecule has 0 N–H and O–H groups in total. The molecule has 2 nitrogen and oxygen atoms in total. The Labute approximate surface area is 187 Å². The van der Waals surface area contributed by atoms with E-state index in [1.54, 1.807) is 0 Å². The van der Waals surface area contributed by atoms with Gasteiger partial charge in [-0.25, -0.2) is 4.79 Å². The molecule has 0 saturated carbocycles. The van der Waals surface area contributed by atoms with Crippen LogP contribution in [0.15, 0.2) is 36.4 Å². The Kier molecular flexibility index (Phi) is 6.34. The molecule has 0 saturated heterocycles. The maximum Gasteiger partial charge on any atom is 0.403 e.